The molecule has 1 aromatic heterocycles. The van der Waals surface area contributed by atoms with Gasteiger partial charge < -0.3 is 10.7 Å². The first kappa shape index (κ1) is 9.00. The monoisotopic (exact) mass is 165 g/mol. The van der Waals surface area contributed by atoms with Crippen LogP contribution in [0.4, 0.5) is 0 Å². The van der Waals surface area contributed by atoms with Gasteiger partial charge in [-0.15, -0.1) is 0 Å². The molecule has 3 N–H and O–H groups in total. The van der Waals surface area contributed by atoms with Gasteiger partial charge in [-0.2, -0.15) is 0 Å². The number of nitrogens with zero attached hydrogens (tertiary/aromatic N) is 1. The Balaban J connectivity index is 3.28. The molecule has 0 spiro atoms. The third-order valence-corrected chi connectivity index (χ3v) is 1.69. The van der Waals surface area contributed by atoms with Gasteiger partial charge in [0.05, 0.1) is 17.2 Å². The maximum Gasteiger partial charge on any atom is 0.121 e. The van der Waals surface area contributed by atoms with Crippen LogP contribution in [-0.2, 0) is 6.54 Å². The smallest absolute Gasteiger partial charge is 0.121 e. The van der Waals surface area contributed by atoms with Gasteiger partial charge in [0.15, 0.2) is 0 Å². The fourth-order valence-corrected chi connectivity index (χ4v) is 1.12. The van der Waals surface area contributed by atoms with E-state index in [1.54, 1.807) is 0 Å². The number of nitrogens with one attached hydrogen (secondary N) is 1. The van der Waals surface area contributed by atoms with Gasteiger partial charge in [0.1, 0.15) is 5.82 Å². The molecule has 1 aromatic rings. The van der Waals surface area contributed by atoms with Crippen molar-refractivity contribution in [3.63, 3.8) is 0 Å². The number of H-pyrrole nitrogens is 1. The van der Waals surface area contributed by atoms with Crippen molar-refractivity contribution in [3.8, 4) is 0 Å². The molecule has 0 atom stereocenters. The molecular weight excluding hydrogens is 150 g/mol. The van der Waals surface area contributed by atoms with Gasteiger partial charge in [0.2, 0.25) is 0 Å². The lowest BCUT2D eigenvalue weighted by Crippen LogP contribution is -2.23. The summed E-state index contributed by atoms with van der Waals surface area (Å²) in [6.07, 6.45) is 5.09. The van der Waals surface area contributed by atoms with Gasteiger partial charge in [0.25, 0.3) is 0 Å². The molecule has 66 valence electrons. The lowest BCUT2D eigenvalue weighted by Gasteiger charge is -1.81. The van der Waals surface area contributed by atoms with Gasteiger partial charge >= 0.3 is 0 Å². The van der Waals surface area contributed by atoms with Crippen molar-refractivity contribution in [1.82, 2.24) is 9.97 Å². The molecule has 0 saturated carbocycles. The second-order valence-corrected chi connectivity index (χ2v) is 2.59. The third kappa shape index (κ3) is 1.74. The highest BCUT2D eigenvalue weighted by Gasteiger charge is 1.93. The van der Waals surface area contributed by atoms with Crippen molar-refractivity contribution in [2.24, 2.45) is 5.73 Å². The van der Waals surface area contributed by atoms with Crippen molar-refractivity contribution >= 4 is 12.2 Å². The second kappa shape index (κ2) is 4.07. The van der Waals surface area contributed by atoms with E-state index in [4.69, 9.17) is 5.73 Å². The average Bonchev–Trinajstić information content (AvgIpc) is 2.48. The van der Waals surface area contributed by atoms with Crippen LogP contribution >= 0.6 is 0 Å². The van der Waals surface area contributed by atoms with Gasteiger partial charge in [-0.3, -0.25) is 0 Å². The summed E-state index contributed by atoms with van der Waals surface area (Å²) in [5, 5.41) is 2.08. The van der Waals surface area contributed by atoms with Gasteiger partial charge in [-0.05, 0) is 13.3 Å². The highest BCUT2D eigenvalue weighted by atomic mass is 14.9. The van der Waals surface area contributed by atoms with Crippen LogP contribution in [0.2, 0.25) is 0 Å². The Morgan fingerprint density at radius 1 is 1.58 bits per heavy atom. The fourth-order valence-electron chi connectivity index (χ4n) is 1.12. The third-order valence-electron chi connectivity index (χ3n) is 1.69. The highest BCUT2D eigenvalue weighted by molar-refractivity contribution is 5.24. The molecule has 0 fully saturated rings. The van der Waals surface area contributed by atoms with E-state index < -0.39 is 0 Å². The molecule has 0 aliphatic rings. The number of nitrogens with two attached hydrogens (primary N) is 1. The van der Waals surface area contributed by atoms with E-state index in [9.17, 15) is 0 Å². The van der Waals surface area contributed by atoms with Gasteiger partial charge in [-0.1, -0.05) is 19.1 Å². The molecule has 1 heterocycles. The van der Waals surface area contributed by atoms with E-state index >= 15 is 0 Å². The molecular formula is C9H15N3. The molecule has 3 nitrogen and oxygen atoms in total. The van der Waals surface area contributed by atoms with Crippen LogP contribution in [0.5, 0.6) is 0 Å². The molecule has 0 radical (unpaired) electrons. The number of rotatable bonds is 2. The summed E-state index contributed by atoms with van der Waals surface area (Å²) < 4.78 is 0. The molecule has 0 aliphatic carbocycles. The van der Waals surface area contributed by atoms with E-state index in [-0.39, 0.29) is 0 Å². The Morgan fingerprint density at radius 3 is 2.83 bits per heavy atom. The minimum atomic E-state index is 0.471. The van der Waals surface area contributed by atoms with E-state index in [1.807, 2.05) is 13.0 Å². The summed E-state index contributed by atoms with van der Waals surface area (Å²) in [5.41, 5.74) is 5.46. The zero-order valence-electron chi connectivity index (χ0n) is 7.59. The molecule has 0 bridgehead atoms. The highest BCUT2D eigenvalue weighted by Crippen LogP contribution is 1.77. The van der Waals surface area contributed by atoms with E-state index in [0.717, 1.165) is 22.9 Å². The minimum Gasteiger partial charge on any atom is -0.341 e. The maximum atomic E-state index is 5.46. The summed E-state index contributed by atoms with van der Waals surface area (Å²) in [6.45, 7) is 4.55. The van der Waals surface area contributed by atoms with Crippen molar-refractivity contribution in [2.45, 2.75) is 26.8 Å². The van der Waals surface area contributed by atoms with Crippen LogP contribution in [0.15, 0.2) is 0 Å². The fraction of sp³-hybridized carbons (Fsp3) is 0.444. The Labute approximate surface area is 72.0 Å². The predicted octanol–water partition coefficient (Wildman–Crippen LogP) is -0.141. The molecule has 12 heavy (non-hydrogen) atoms. The first-order valence-corrected chi connectivity index (χ1v) is 4.23. The van der Waals surface area contributed by atoms with E-state index in [1.165, 1.54) is 0 Å². The molecule has 0 aliphatic heterocycles. The number of aromatic nitrogens is 2. The Morgan fingerprint density at radius 2 is 2.33 bits per heavy atom. The maximum absolute atomic E-state index is 5.46. The summed E-state index contributed by atoms with van der Waals surface area (Å²) >= 11 is 0. The van der Waals surface area contributed by atoms with Crippen LogP contribution in [0.3, 0.4) is 0 Å². The predicted molar refractivity (Wildman–Crippen MR) is 50.6 cm³/mol. The SMILES string of the molecule is C/C=c1/[nH]c(CN)n/c1=C/CC. The minimum absolute atomic E-state index is 0.471. The molecule has 1 rings (SSSR count). The zero-order valence-corrected chi connectivity index (χ0v) is 7.59. The second-order valence-electron chi connectivity index (χ2n) is 2.59. The standard InChI is InChI=1S/C9H15N3/c1-3-5-8-7(4-2)11-9(6-10)12-8/h4-5H,3,6,10H2,1-2H3,(H,11,12)/b7-4+,8-5+. The quantitative estimate of drug-likeness (QED) is 0.641. The summed E-state index contributed by atoms with van der Waals surface area (Å²) in [7, 11) is 0. The first-order valence-electron chi connectivity index (χ1n) is 4.23. The number of imidazole rings is 1. The number of hydrogen-bond acceptors (Lipinski definition) is 2. The summed E-state index contributed by atoms with van der Waals surface area (Å²) in [4.78, 5) is 7.46. The van der Waals surface area contributed by atoms with Crippen LogP contribution < -0.4 is 16.4 Å². The van der Waals surface area contributed by atoms with Crippen LogP contribution in [-0.4, -0.2) is 9.97 Å². The summed E-state index contributed by atoms with van der Waals surface area (Å²) in [6, 6.07) is 0. The van der Waals surface area contributed by atoms with Gasteiger partial charge in [-0.25, -0.2) is 4.98 Å². The Kier molecular flexibility index (Phi) is 3.05. The molecule has 0 aromatic carbocycles. The molecule has 0 amide bonds. The van der Waals surface area contributed by atoms with Crippen molar-refractivity contribution in [3.05, 3.63) is 16.5 Å². The Hall–Kier alpha value is -1.09. The largest absolute Gasteiger partial charge is 0.341 e. The molecule has 0 unspecified atom stereocenters. The van der Waals surface area contributed by atoms with Gasteiger partial charge in [0, 0.05) is 0 Å². The zero-order chi connectivity index (χ0) is 8.97. The number of aromatic amines is 1. The lowest BCUT2D eigenvalue weighted by molar-refractivity contribution is 0.942. The first-order chi connectivity index (χ1) is 5.81. The van der Waals surface area contributed by atoms with Crippen LogP contribution in [0.25, 0.3) is 12.2 Å². The van der Waals surface area contributed by atoms with Crippen molar-refractivity contribution < 1.29 is 0 Å². The van der Waals surface area contributed by atoms with Crippen LogP contribution in [0, 0.1) is 0 Å². The lowest BCUT2D eigenvalue weighted by atomic mass is 10.4. The summed E-state index contributed by atoms with van der Waals surface area (Å²) in [5.74, 6) is 0.850. The van der Waals surface area contributed by atoms with Crippen molar-refractivity contribution in [2.75, 3.05) is 0 Å². The Bertz CT molecular complexity index is 348. The molecule has 3 heteroatoms. The van der Waals surface area contributed by atoms with E-state index in [2.05, 4.69) is 23.0 Å². The molecule has 0 saturated heterocycles. The van der Waals surface area contributed by atoms with Crippen molar-refractivity contribution in [1.29, 1.82) is 0 Å². The van der Waals surface area contributed by atoms with E-state index in [0.29, 0.717) is 6.54 Å². The van der Waals surface area contributed by atoms with Crippen LogP contribution in [0.1, 0.15) is 26.1 Å². The number of hydrogen-bond donors (Lipinski definition) is 2. The normalized spacial score (nSPS) is 14.2. The topological polar surface area (TPSA) is 54.7 Å². The average molecular weight is 165 g/mol.